The van der Waals surface area contributed by atoms with Gasteiger partial charge in [-0.25, -0.2) is 9.18 Å². The van der Waals surface area contributed by atoms with Crippen molar-refractivity contribution < 1.29 is 33.4 Å². The average molecular weight is 473 g/mol. The topological polar surface area (TPSA) is 113 Å². The van der Waals surface area contributed by atoms with Gasteiger partial charge < -0.3 is 15.2 Å². The summed E-state index contributed by atoms with van der Waals surface area (Å²) in [5.74, 6) is -3.07. The SMILES string of the molecule is O=C(O)CC(NC(=O)[C@@H]1CCCCN1C(=O)OCc1cccc(Br)c1)C(=O)CF. The predicted octanol–water partition coefficient (Wildman–Crippen LogP) is 2.44. The number of carboxylic acid groups (broad SMARTS) is 1. The Balaban J connectivity index is 2.02. The third kappa shape index (κ3) is 6.81. The Morgan fingerprint density at radius 3 is 2.72 bits per heavy atom. The number of aliphatic carboxylic acids is 1. The van der Waals surface area contributed by atoms with Crippen molar-refractivity contribution >= 4 is 39.7 Å². The fraction of sp³-hybridized carbons (Fsp3) is 0.474. The number of carboxylic acids is 1. The number of nitrogens with zero attached hydrogens (tertiary/aromatic N) is 1. The molecule has 1 aromatic carbocycles. The first-order valence-electron chi connectivity index (χ1n) is 9.10. The molecule has 1 saturated heterocycles. The number of rotatable bonds is 8. The Hall–Kier alpha value is -2.49. The molecule has 1 aliphatic heterocycles. The maximum Gasteiger partial charge on any atom is 0.410 e. The molecule has 0 aromatic heterocycles. The summed E-state index contributed by atoms with van der Waals surface area (Å²) >= 11 is 3.33. The average Bonchev–Trinajstić information content (AvgIpc) is 2.70. The molecule has 2 atom stereocenters. The van der Waals surface area contributed by atoms with E-state index < -0.39 is 48.9 Å². The van der Waals surface area contributed by atoms with E-state index in [0.29, 0.717) is 19.3 Å². The van der Waals surface area contributed by atoms with Gasteiger partial charge in [0.25, 0.3) is 0 Å². The minimum Gasteiger partial charge on any atom is -0.481 e. The van der Waals surface area contributed by atoms with Gasteiger partial charge in [-0.15, -0.1) is 0 Å². The summed E-state index contributed by atoms with van der Waals surface area (Å²) < 4.78 is 18.8. The second-order valence-corrected chi connectivity index (χ2v) is 7.56. The lowest BCUT2D eigenvalue weighted by molar-refractivity contribution is -0.140. The Bertz CT molecular complexity index is 775. The molecule has 1 fully saturated rings. The van der Waals surface area contributed by atoms with E-state index in [1.165, 1.54) is 4.90 Å². The standard InChI is InChI=1S/C19H22BrFN2O6/c20-13-5-3-4-12(8-13)11-29-19(28)23-7-2-1-6-15(23)18(27)22-14(9-17(25)26)16(24)10-21/h3-5,8,14-15H,1-2,6-7,9-11H2,(H,22,27)(H,25,26)/t14?,15-/m0/s1. The van der Waals surface area contributed by atoms with Gasteiger partial charge in [-0.05, 0) is 37.0 Å². The van der Waals surface area contributed by atoms with Gasteiger partial charge >= 0.3 is 12.1 Å². The summed E-state index contributed by atoms with van der Waals surface area (Å²) in [6.07, 6.45) is 0.276. The van der Waals surface area contributed by atoms with E-state index >= 15 is 0 Å². The van der Waals surface area contributed by atoms with E-state index in [1.807, 2.05) is 6.07 Å². The van der Waals surface area contributed by atoms with Crippen LogP contribution in [-0.2, 0) is 25.7 Å². The molecule has 158 valence electrons. The van der Waals surface area contributed by atoms with Crippen molar-refractivity contribution in [2.24, 2.45) is 0 Å². The highest BCUT2D eigenvalue weighted by atomic mass is 79.9. The van der Waals surface area contributed by atoms with Crippen LogP contribution in [0, 0.1) is 0 Å². The first kappa shape index (κ1) is 22.8. The second-order valence-electron chi connectivity index (χ2n) is 6.65. The van der Waals surface area contributed by atoms with Crippen LogP contribution in [-0.4, -0.2) is 59.1 Å². The number of carbonyl (C=O) groups excluding carboxylic acids is 3. The van der Waals surface area contributed by atoms with E-state index in [4.69, 9.17) is 9.84 Å². The number of hydrogen-bond acceptors (Lipinski definition) is 5. The molecule has 2 rings (SSSR count). The zero-order valence-corrected chi connectivity index (χ0v) is 17.2. The number of amides is 2. The largest absolute Gasteiger partial charge is 0.481 e. The highest BCUT2D eigenvalue weighted by Crippen LogP contribution is 2.20. The van der Waals surface area contributed by atoms with Crippen LogP contribution in [0.15, 0.2) is 28.7 Å². The maximum atomic E-state index is 12.7. The Labute approximate surface area is 175 Å². The summed E-state index contributed by atoms with van der Waals surface area (Å²) in [5, 5.41) is 11.1. The molecular formula is C19H22BrFN2O6. The molecule has 10 heteroatoms. The van der Waals surface area contributed by atoms with Gasteiger partial charge in [-0.2, -0.15) is 0 Å². The Morgan fingerprint density at radius 2 is 2.07 bits per heavy atom. The van der Waals surface area contributed by atoms with Crippen LogP contribution in [0.4, 0.5) is 9.18 Å². The van der Waals surface area contributed by atoms with Crippen LogP contribution in [0.1, 0.15) is 31.2 Å². The van der Waals surface area contributed by atoms with Gasteiger partial charge in [-0.1, -0.05) is 28.1 Å². The van der Waals surface area contributed by atoms with Crippen LogP contribution in [0.5, 0.6) is 0 Å². The van der Waals surface area contributed by atoms with Crippen molar-refractivity contribution in [1.29, 1.82) is 0 Å². The lowest BCUT2D eigenvalue weighted by atomic mass is 10.0. The molecule has 0 saturated carbocycles. The fourth-order valence-electron chi connectivity index (χ4n) is 3.06. The van der Waals surface area contributed by atoms with Crippen LogP contribution >= 0.6 is 15.9 Å². The van der Waals surface area contributed by atoms with E-state index in [9.17, 15) is 23.6 Å². The summed E-state index contributed by atoms with van der Waals surface area (Å²) in [6, 6.07) is 4.83. The normalized spacial score (nSPS) is 17.3. The van der Waals surface area contributed by atoms with E-state index in [2.05, 4.69) is 21.2 Å². The number of ketones is 1. The van der Waals surface area contributed by atoms with E-state index in [-0.39, 0.29) is 13.2 Å². The number of halogens is 2. The quantitative estimate of drug-likeness (QED) is 0.600. The number of likely N-dealkylation sites (tertiary alicyclic amines) is 1. The Kier molecular flexibility index (Phi) is 8.56. The van der Waals surface area contributed by atoms with Crippen molar-refractivity contribution in [2.75, 3.05) is 13.2 Å². The number of nitrogens with one attached hydrogen (secondary N) is 1. The molecule has 1 aromatic rings. The molecule has 29 heavy (non-hydrogen) atoms. The number of benzene rings is 1. The summed E-state index contributed by atoms with van der Waals surface area (Å²) in [7, 11) is 0. The summed E-state index contributed by atoms with van der Waals surface area (Å²) in [5.41, 5.74) is 0.765. The third-order valence-corrected chi connectivity index (χ3v) is 5.00. The molecule has 1 heterocycles. The van der Waals surface area contributed by atoms with Crippen LogP contribution < -0.4 is 5.32 Å². The van der Waals surface area contributed by atoms with Gasteiger partial charge in [0.05, 0.1) is 6.42 Å². The van der Waals surface area contributed by atoms with Crippen molar-refractivity contribution in [3.05, 3.63) is 34.3 Å². The van der Waals surface area contributed by atoms with Gasteiger partial charge in [0.1, 0.15) is 25.4 Å². The number of alkyl halides is 1. The number of hydrogen-bond donors (Lipinski definition) is 2. The zero-order valence-electron chi connectivity index (χ0n) is 15.6. The van der Waals surface area contributed by atoms with Crippen LogP contribution in [0.25, 0.3) is 0 Å². The molecule has 2 amide bonds. The molecule has 1 aliphatic rings. The first-order chi connectivity index (χ1) is 13.8. The van der Waals surface area contributed by atoms with Crippen molar-refractivity contribution in [3.8, 4) is 0 Å². The van der Waals surface area contributed by atoms with Crippen molar-refractivity contribution in [3.63, 3.8) is 0 Å². The minimum absolute atomic E-state index is 0.0189. The molecule has 1 unspecified atom stereocenters. The minimum atomic E-state index is -1.48. The van der Waals surface area contributed by atoms with Crippen molar-refractivity contribution in [1.82, 2.24) is 10.2 Å². The lowest BCUT2D eigenvalue weighted by Gasteiger charge is -2.34. The maximum absolute atomic E-state index is 12.7. The molecule has 0 bridgehead atoms. The molecule has 0 radical (unpaired) electrons. The number of ether oxygens (including phenoxy) is 1. The van der Waals surface area contributed by atoms with E-state index in [0.717, 1.165) is 10.0 Å². The van der Waals surface area contributed by atoms with E-state index in [1.54, 1.807) is 18.2 Å². The van der Waals surface area contributed by atoms with Gasteiger partial charge in [0.15, 0.2) is 5.78 Å². The molecule has 8 nitrogen and oxygen atoms in total. The predicted molar refractivity (Wildman–Crippen MR) is 104 cm³/mol. The molecule has 0 spiro atoms. The molecular weight excluding hydrogens is 451 g/mol. The van der Waals surface area contributed by atoms with Gasteiger partial charge in [0, 0.05) is 11.0 Å². The molecule has 2 N–H and O–H groups in total. The lowest BCUT2D eigenvalue weighted by Crippen LogP contribution is -2.55. The zero-order chi connectivity index (χ0) is 21.4. The highest BCUT2D eigenvalue weighted by Gasteiger charge is 2.35. The smallest absolute Gasteiger partial charge is 0.410 e. The third-order valence-electron chi connectivity index (χ3n) is 4.51. The number of carbonyl (C=O) groups is 4. The monoisotopic (exact) mass is 472 g/mol. The number of Topliss-reactive ketones (excluding diaryl/α,β-unsaturated/α-hetero) is 1. The molecule has 0 aliphatic carbocycles. The highest BCUT2D eigenvalue weighted by molar-refractivity contribution is 9.10. The van der Waals surface area contributed by atoms with Crippen molar-refractivity contribution in [2.45, 2.75) is 44.4 Å². The summed E-state index contributed by atoms with van der Waals surface area (Å²) in [4.78, 5) is 48.9. The number of piperidine rings is 1. The second kappa shape index (κ2) is 10.9. The first-order valence-corrected chi connectivity index (χ1v) is 9.89. The summed E-state index contributed by atoms with van der Waals surface area (Å²) in [6.45, 7) is -1.08. The fourth-order valence-corrected chi connectivity index (χ4v) is 3.51. The Morgan fingerprint density at radius 1 is 1.31 bits per heavy atom. The van der Waals surface area contributed by atoms with Gasteiger partial charge in [0.2, 0.25) is 5.91 Å². The van der Waals surface area contributed by atoms with Crippen LogP contribution in [0.2, 0.25) is 0 Å². The van der Waals surface area contributed by atoms with Gasteiger partial charge in [-0.3, -0.25) is 19.3 Å². The van der Waals surface area contributed by atoms with Crippen LogP contribution in [0.3, 0.4) is 0 Å².